The lowest BCUT2D eigenvalue weighted by Gasteiger charge is -2.37. The van der Waals surface area contributed by atoms with Crippen LogP contribution in [0.5, 0.6) is 5.75 Å². The standard InChI is InChI=1S/C21H18ClN3O3/c1-12(26)18-19(13-3-5-14(22)6-4-13)17(11-23)20(24)25(21(18)27)15-7-9-16(28-2)10-8-15/h3-10,18-19H,24H2,1-2H3. The maximum atomic E-state index is 13.3. The second-order valence-corrected chi connectivity index (χ2v) is 6.84. The van der Waals surface area contributed by atoms with E-state index in [-0.39, 0.29) is 17.2 Å². The van der Waals surface area contributed by atoms with Crippen LogP contribution >= 0.6 is 11.6 Å². The zero-order valence-corrected chi connectivity index (χ0v) is 16.1. The third-order valence-electron chi connectivity index (χ3n) is 4.77. The summed E-state index contributed by atoms with van der Waals surface area (Å²) in [6.07, 6.45) is 0. The van der Waals surface area contributed by atoms with Gasteiger partial charge in [0.05, 0.1) is 24.4 Å². The molecule has 0 aromatic heterocycles. The van der Waals surface area contributed by atoms with Crippen molar-refractivity contribution in [3.8, 4) is 11.8 Å². The van der Waals surface area contributed by atoms with Gasteiger partial charge in [-0.25, -0.2) is 0 Å². The lowest BCUT2D eigenvalue weighted by atomic mass is 9.75. The maximum absolute atomic E-state index is 13.3. The fourth-order valence-corrected chi connectivity index (χ4v) is 3.54. The van der Waals surface area contributed by atoms with Crippen molar-refractivity contribution in [1.29, 1.82) is 5.26 Å². The smallest absolute Gasteiger partial charge is 0.244 e. The number of Topliss-reactive ketones (excluding diaryl/α,β-unsaturated/α-hetero) is 1. The minimum Gasteiger partial charge on any atom is -0.497 e. The Kier molecular flexibility index (Phi) is 5.39. The summed E-state index contributed by atoms with van der Waals surface area (Å²) < 4.78 is 5.13. The molecule has 6 nitrogen and oxygen atoms in total. The van der Waals surface area contributed by atoms with Crippen molar-refractivity contribution >= 4 is 29.0 Å². The fourth-order valence-electron chi connectivity index (χ4n) is 3.41. The number of nitriles is 1. The highest BCUT2D eigenvalue weighted by molar-refractivity contribution is 6.30. The minimum absolute atomic E-state index is 0.00937. The van der Waals surface area contributed by atoms with Crippen LogP contribution in [0.1, 0.15) is 18.4 Å². The van der Waals surface area contributed by atoms with E-state index in [4.69, 9.17) is 22.1 Å². The van der Waals surface area contributed by atoms with E-state index in [0.717, 1.165) is 0 Å². The molecule has 0 saturated carbocycles. The van der Waals surface area contributed by atoms with Crippen LogP contribution in [-0.4, -0.2) is 18.8 Å². The largest absolute Gasteiger partial charge is 0.497 e. The topological polar surface area (TPSA) is 96.4 Å². The van der Waals surface area contributed by atoms with Crippen LogP contribution in [0.4, 0.5) is 5.69 Å². The maximum Gasteiger partial charge on any atom is 0.244 e. The molecule has 3 rings (SSSR count). The Labute approximate surface area is 167 Å². The Morgan fingerprint density at radius 1 is 1.18 bits per heavy atom. The lowest BCUT2D eigenvalue weighted by Crippen LogP contribution is -2.48. The highest BCUT2D eigenvalue weighted by atomic mass is 35.5. The summed E-state index contributed by atoms with van der Waals surface area (Å²) in [4.78, 5) is 26.9. The molecular weight excluding hydrogens is 378 g/mol. The van der Waals surface area contributed by atoms with Gasteiger partial charge in [-0.1, -0.05) is 23.7 Å². The molecule has 2 aromatic carbocycles. The zero-order valence-electron chi connectivity index (χ0n) is 15.3. The first kappa shape index (κ1) is 19.5. The Balaban J connectivity index is 2.18. The number of nitrogens with two attached hydrogens (primary N) is 1. The molecule has 2 atom stereocenters. The highest BCUT2D eigenvalue weighted by Gasteiger charge is 2.45. The van der Waals surface area contributed by atoms with E-state index >= 15 is 0 Å². The van der Waals surface area contributed by atoms with E-state index in [0.29, 0.717) is 22.0 Å². The number of halogens is 1. The number of benzene rings is 2. The van der Waals surface area contributed by atoms with Crippen molar-refractivity contribution in [2.24, 2.45) is 11.7 Å². The minimum atomic E-state index is -1.06. The van der Waals surface area contributed by atoms with Gasteiger partial charge in [0.1, 0.15) is 23.3 Å². The van der Waals surface area contributed by atoms with Crippen LogP contribution in [0, 0.1) is 17.2 Å². The van der Waals surface area contributed by atoms with Gasteiger partial charge in [0.15, 0.2) is 0 Å². The van der Waals surface area contributed by atoms with Crippen LogP contribution in [0.2, 0.25) is 5.02 Å². The molecule has 2 aromatic rings. The van der Waals surface area contributed by atoms with Crippen molar-refractivity contribution in [2.75, 3.05) is 12.0 Å². The molecule has 0 fully saturated rings. The molecule has 7 heteroatoms. The van der Waals surface area contributed by atoms with Gasteiger partial charge in [-0.15, -0.1) is 0 Å². The molecule has 0 saturated heterocycles. The monoisotopic (exact) mass is 395 g/mol. The number of hydrogen-bond donors (Lipinski definition) is 1. The number of ether oxygens (including phenoxy) is 1. The average molecular weight is 396 g/mol. The molecule has 0 aliphatic carbocycles. The Morgan fingerprint density at radius 2 is 1.79 bits per heavy atom. The number of rotatable bonds is 4. The molecule has 1 aliphatic heterocycles. The molecular formula is C21H18ClN3O3. The van der Waals surface area contributed by atoms with Crippen molar-refractivity contribution in [3.05, 3.63) is 70.5 Å². The number of carbonyl (C=O) groups is 2. The van der Waals surface area contributed by atoms with Gasteiger partial charge in [0.2, 0.25) is 5.91 Å². The number of methoxy groups -OCH3 is 1. The van der Waals surface area contributed by atoms with Gasteiger partial charge >= 0.3 is 0 Å². The first-order chi connectivity index (χ1) is 13.4. The Hall–Kier alpha value is -3.30. The molecule has 28 heavy (non-hydrogen) atoms. The Bertz CT molecular complexity index is 991. The molecule has 0 spiro atoms. The van der Waals surface area contributed by atoms with Gasteiger partial charge in [-0.2, -0.15) is 5.26 Å². The quantitative estimate of drug-likeness (QED) is 0.800. The molecule has 0 bridgehead atoms. The van der Waals surface area contributed by atoms with E-state index in [9.17, 15) is 14.9 Å². The number of amides is 1. The number of anilines is 1. The van der Waals surface area contributed by atoms with E-state index in [1.807, 2.05) is 0 Å². The highest BCUT2D eigenvalue weighted by Crippen LogP contribution is 2.41. The molecule has 2 N–H and O–H groups in total. The van der Waals surface area contributed by atoms with Gasteiger partial charge in [0, 0.05) is 10.9 Å². The summed E-state index contributed by atoms with van der Waals surface area (Å²) in [6, 6.07) is 15.5. The molecule has 1 aliphatic rings. The second kappa shape index (κ2) is 7.75. The van der Waals surface area contributed by atoms with Crippen LogP contribution < -0.4 is 15.4 Å². The first-order valence-electron chi connectivity index (χ1n) is 8.52. The van der Waals surface area contributed by atoms with Crippen molar-refractivity contribution in [3.63, 3.8) is 0 Å². The molecule has 142 valence electrons. The van der Waals surface area contributed by atoms with Gasteiger partial charge in [0.25, 0.3) is 0 Å². The van der Waals surface area contributed by atoms with E-state index in [1.165, 1.54) is 18.9 Å². The number of allylic oxidation sites excluding steroid dienone is 1. The Morgan fingerprint density at radius 3 is 2.29 bits per heavy atom. The van der Waals surface area contributed by atoms with Crippen LogP contribution in [0.25, 0.3) is 0 Å². The number of ketones is 1. The predicted molar refractivity (Wildman–Crippen MR) is 106 cm³/mol. The summed E-state index contributed by atoms with van der Waals surface area (Å²) in [5, 5.41) is 10.3. The van der Waals surface area contributed by atoms with Crippen molar-refractivity contribution in [1.82, 2.24) is 0 Å². The summed E-state index contributed by atoms with van der Waals surface area (Å²) in [5.74, 6) is -2.03. The fraction of sp³-hybridized carbons (Fsp3) is 0.190. The van der Waals surface area contributed by atoms with Crippen molar-refractivity contribution in [2.45, 2.75) is 12.8 Å². The van der Waals surface area contributed by atoms with E-state index in [1.54, 1.807) is 48.5 Å². The summed E-state index contributed by atoms with van der Waals surface area (Å²) in [5.41, 5.74) is 7.49. The van der Waals surface area contributed by atoms with E-state index in [2.05, 4.69) is 6.07 Å². The number of nitrogens with zero attached hydrogens (tertiary/aromatic N) is 2. The molecule has 2 unspecified atom stereocenters. The van der Waals surface area contributed by atoms with Crippen LogP contribution in [0.15, 0.2) is 59.9 Å². The summed E-state index contributed by atoms with van der Waals surface area (Å²) in [6.45, 7) is 1.34. The average Bonchev–Trinajstić information content (AvgIpc) is 2.68. The van der Waals surface area contributed by atoms with Gasteiger partial charge in [-0.3, -0.25) is 14.5 Å². The third kappa shape index (κ3) is 3.32. The molecule has 0 radical (unpaired) electrons. The molecule has 1 amide bonds. The van der Waals surface area contributed by atoms with Gasteiger partial charge in [-0.05, 0) is 48.9 Å². The number of hydrogen-bond acceptors (Lipinski definition) is 5. The third-order valence-corrected chi connectivity index (χ3v) is 5.02. The number of carbonyl (C=O) groups excluding carboxylic acids is 2. The SMILES string of the molecule is COc1ccc(N2C(=O)C(C(C)=O)C(c3ccc(Cl)cc3)C(C#N)=C2N)cc1. The van der Waals surface area contributed by atoms with Crippen LogP contribution in [0.3, 0.4) is 0 Å². The molecule has 1 heterocycles. The van der Waals surface area contributed by atoms with Crippen LogP contribution in [-0.2, 0) is 9.59 Å². The normalized spacial score (nSPS) is 19.4. The summed E-state index contributed by atoms with van der Waals surface area (Å²) >= 11 is 5.95. The van der Waals surface area contributed by atoms with Gasteiger partial charge < -0.3 is 10.5 Å². The first-order valence-corrected chi connectivity index (χ1v) is 8.90. The van der Waals surface area contributed by atoms with E-state index < -0.39 is 17.7 Å². The lowest BCUT2D eigenvalue weighted by molar-refractivity contribution is -0.132. The van der Waals surface area contributed by atoms with Crippen molar-refractivity contribution < 1.29 is 14.3 Å². The second-order valence-electron chi connectivity index (χ2n) is 6.40. The predicted octanol–water partition coefficient (Wildman–Crippen LogP) is 3.38. The zero-order chi connectivity index (χ0) is 20.4. The summed E-state index contributed by atoms with van der Waals surface area (Å²) in [7, 11) is 1.53.